The Balaban J connectivity index is 1.86. The number of hydrogen-bond donors (Lipinski definition) is 0. The molecular formula is C23H24BrNO4S. The van der Waals surface area contributed by atoms with Gasteiger partial charge in [0.1, 0.15) is 6.61 Å². The smallest absolute Gasteiger partial charge is 0.293 e. The van der Waals surface area contributed by atoms with Crippen LogP contribution in [0.25, 0.3) is 6.08 Å². The zero-order valence-electron chi connectivity index (χ0n) is 17.4. The highest BCUT2D eigenvalue weighted by Gasteiger charge is 2.36. The average Bonchev–Trinajstić information content (AvgIpc) is 2.97. The molecule has 1 fully saturated rings. The molecule has 0 radical (unpaired) electrons. The molecule has 1 aliphatic heterocycles. The summed E-state index contributed by atoms with van der Waals surface area (Å²) in [4.78, 5) is 26.4. The Morgan fingerprint density at radius 3 is 2.37 bits per heavy atom. The first-order valence-corrected chi connectivity index (χ1v) is 11.3. The molecule has 0 saturated carbocycles. The number of thioether (sulfide) groups is 1. The number of carbonyl (C=O) groups is 2. The first kappa shape index (κ1) is 22.4. The lowest BCUT2D eigenvalue weighted by molar-refractivity contribution is -0.123. The number of nitrogens with zero attached hydrogens (tertiary/aromatic N) is 1. The Morgan fingerprint density at radius 2 is 1.77 bits per heavy atom. The third-order valence-electron chi connectivity index (χ3n) is 4.50. The van der Waals surface area contributed by atoms with Gasteiger partial charge in [0.25, 0.3) is 11.1 Å². The van der Waals surface area contributed by atoms with E-state index in [1.807, 2.05) is 64.1 Å². The maximum absolute atomic E-state index is 12.6. The van der Waals surface area contributed by atoms with E-state index in [2.05, 4.69) is 15.9 Å². The molecule has 30 heavy (non-hydrogen) atoms. The number of benzene rings is 2. The molecule has 5 nitrogen and oxygen atoms in total. The summed E-state index contributed by atoms with van der Waals surface area (Å²) in [6.07, 6.45) is 1.71. The lowest BCUT2D eigenvalue weighted by Gasteiger charge is -2.16. The Bertz CT molecular complexity index is 985. The van der Waals surface area contributed by atoms with E-state index in [1.54, 1.807) is 6.08 Å². The molecule has 1 heterocycles. The molecule has 0 N–H and O–H groups in total. The van der Waals surface area contributed by atoms with E-state index in [0.717, 1.165) is 27.4 Å². The fourth-order valence-corrected chi connectivity index (χ4v) is 4.34. The van der Waals surface area contributed by atoms with Crippen LogP contribution in [0.5, 0.6) is 11.5 Å². The van der Waals surface area contributed by atoms with Gasteiger partial charge in [0, 0.05) is 10.5 Å². The molecule has 0 unspecified atom stereocenters. The minimum absolute atomic E-state index is 0.177. The number of rotatable bonds is 7. The second kappa shape index (κ2) is 9.71. The van der Waals surface area contributed by atoms with E-state index in [9.17, 15) is 9.59 Å². The van der Waals surface area contributed by atoms with Crippen LogP contribution in [0.1, 0.15) is 37.5 Å². The predicted molar refractivity (Wildman–Crippen MR) is 124 cm³/mol. The van der Waals surface area contributed by atoms with Gasteiger partial charge in [-0.3, -0.25) is 14.5 Å². The Labute approximate surface area is 189 Å². The summed E-state index contributed by atoms with van der Waals surface area (Å²) in [6, 6.07) is 11.6. The van der Waals surface area contributed by atoms with Gasteiger partial charge in [-0.15, -0.1) is 0 Å². The van der Waals surface area contributed by atoms with E-state index < -0.39 is 0 Å². The number of carbonyl (C=O) groups excluding carboxylic acids is 2. The van der Waals surface area contributed by atoms with Crippen molar-refractivity contribution < 1.29 is 19.1 Å². The van der Waals surface area contributed by atoms with Gasteiger partial charge in [-0.05, 0) is 68.8 Å². The topological polar surface area (TPSA) is 55.8 Å². The summed E-state index contributed by atoms with van der Waals surface area (Å²) in [5.41, 5.74) is 3.00. The minimum atomic E-state index is -0.274. The molecular weight excluding hydrogens is 466 g/mol. The lowest BCUT2D eigenvalue weighted by atomic mass is 10.1. The number of ether oxygens (including phenoxy) is 2. The van der Waals surface area contributed by atoms with Crippen molar-refractivity contribution in [3.05, 3.63) is 62.5 Å². The quantitative estimate of drug-likeness (QED) is 0.434. The van der Waals surface area contributed by atoms with Crippen molar-refractivity contribution in [2.45, 2.75) is 40.3 Å². The molecule has 2 aromatic carbocycles. The highest BCUT2D eigenvalue weighted by Crippen LogP contribution is 2.38. The van der Waals surface area contributed by atoms with Crippen molar-refractivity contribution in [1.29, 1.82) is 0 Å². The fraction of sp³-hybridized carbons (Fsp3) is 0.304. The summed E-state index contributed by atoms with van der Waals surface area (Å²) in [5, 5.41) is -0.250. The van der Waals surface area contributed by atoms with Crippen LogP contribution in [-0.2, 0) is 11.4 Å². The molecule has 1 saturated heterocycles. The first-order chi connectivity index (χ1) is 14.3. The van der Waals surface area contributed by atoms with Crippen molar-refractivity contribution in [3.63, 3.8) is 0 Å². The van der Waals surface area contributed by atoms with Crippen LogP contribution < -0.4 is 9.47 Å². The van der Waals surface area contributed by atoms with E-state index >= 15 is 0 Å². The van der Waals surface area contributed by atoms with Crippen LogP contribution in [0.2, 0.25) is 0 Å². The number of halogens is 1. The summed E-state index contributed by atoms with van der Waals surface area (Å²) in [6.45, 7) is 8.49. The minimum Gasteiger partial charge on any atom is -0.490 e. The third-order valence-corrected chi connectivity index (χ3v) is 6.07. The van der Waals surface area contributed by atoms with Crippen molar-refractivity contribution in [2.75, 3.05) is 6.61 Å². The van der Waals surface area contributed by atoms with Gasteiger partial charge in [-0.25, -0.2) is 0 Å². The van der Waals surface area contributed by atoms with E-state index in [1.165, 1.54) is 10.5 Å². The molecule has 158 valence electrons. The van der Waals surface area contributed by atoms with Crippen LogP contribution in [0.4, 0.5) is 4.79 Å². The number of aryl methyl sites for hydroxylation is 1. The van der Waals surface area contributed by atoms with E-state index in [0.29, 0.717) is 29.6 Å². The monoisotopic (exact) mass is 489 g/mol. The first-order valence-electron chi connectivity index (χ1n) is 9.72. The zero-order chi connectivity index (χ0) is 21.8. The van der Waals surface area contributed by atoms with Crippen LogP contribution in [0.3, 0.4) is 0 Å². The van der Waals surface area contributed by atoms with Crippen LogP contribution in [-0.4, -0.2) is 28.7 Å². The van der Waals surface area contributed by atoms with Crippen molar-refractivity contribution in [2.24, 2.45) is 0 Å². The van der Waals surface area contributed by atoms with Crippen LogP contribution in [0, 0.1) is 6.92 Å². The van der Waals surface area contributed by atoms with Gasteiger partial charge in [0.05, 0.1) is 11.5 Å². The number of hydrogen-bond acceptors (Lipinski definition) is 5. The fourth-order valence-electron chi connectivity index (χ4n) is 2.95. The van der Waals surface area contributed by atoms with Crippen molar-refractivity contribution in [3.8, 4) is 11.5 Å². The molecule has 7 heteroatoms. The third kappa shape index (κ3) is 5.08. The predicted octanol–water partition coefficient (Wildman–Crippen LogP) is 6.18. The van der Waals surface area contributed by atoms with Crippen LogP contribution >= 0.6 is 27.7 Å². The molecule has 0 bridgehead atoms. The standard InChI is InChI=1S/C23H24BrNO4S/c1-5-28-19-10-17(11-21-22(26)25(14(2)3)23(27)30-21)18(24)12-20(19)29-13-16-8-6-15(4)7-9-16/h6-12,14H,5,13H2,1-4H3/b21-11+. The molecule has 1 aliphatic rings. The van der Waals surface area contributed by atoms with Gasteiger partial charge in [0.15, 0.2) is 11.5 Å². The van der Waals surface area contributed by atoms with E-state index in [4.69, 9.17) is 9.47 Å². The largest absolute Gasteiger partial charge is 0.490 e. The van der Waals surface area contributed by atoms with Gasteiger partial charge < -0.3 is 9.47 Å². The summed E-state index contributed by atoms with van der Waals surface area (Å²) < 4.78 is 12.5. The summed E-state index contributed by atoms with van der Waals surface area (Å²) in [5.74, 6) is 0.920. The average molecular weight is 490 g/mol. The molecule has 0 atom stereocenters. The summed E-state index contributed by atoms with van der Waals surface area (Å²) in [7, 11) is 0. The van der Waals surface area contributed by atoms with E-state index in [-0.39, 0.29) is 17.2 Å². The SMILES string of the molecule is CCOc1cc(/C=C2/SC(=O)N(C(C)C)C2=O)c(Br)cc1OCc1ccc(C)cc1. The molecule has 2 amide bonds. The van der Waals surface area contributed by atoms with Crippen LogP contribution in [0.15, 0.2) is 45.8 Å². The van der Waals surface area contributed by atoms with Crippen molar-refractivity contribution in [1.82, 2.24) is 4.90 Å². The highest BCUT2D eigenvalue weighted by atomic mass is 79.9. The summed E-state index contributed by atoms with van der Waals surface area (Å²) >= 11 is 4.51. The Morgan fingerprint density at radius 1 is 1.10 bits per heavy atom. The van der Waals surface area contributed by atoms with Gasteiger partial charge >= 0.3 is 0 Å². The van der Waals surface area contributed by atoms with Crippen molar-refractivity contribution >= 4 is 44.9 Å². The highest BCUT2D eigenvalue weighted by molar-refractivity contribution is 9.10. The number of imide groups is 1. The molecule has 2 aromatic rings. The second-order valence-corrected chi connectivity index (χ2v) is 9.02. The molecule has 0 aliphatic carbocycles. The second-order valence-electron chi connectivity index (χ2n) is 7.17. The lowest BCUT2D eigenvalue weighted by Crippen LogP contribution is -2.34. The molecule has 3 rings (SSSR count). The maximum Gasteiger partial charge on any atom is 0.293 e. The Hall–Kier alpha value is -2.25. The molecule has 0 spiro atoms. The van der Waals surface area contributed by atoms with Gasteiger partial charge in [0.2, 0.25) is 0 Å². The normalized spacial score (nSPS) is 15.4. The van der Waals surface area contributed by atoms with Gasteiger partial charge in [-0.1, -0.05) is 45.8 Å². The zero-order valence-corrected chi connectivity index (χ0v) is 19.8. The van der Waals surface area contributed by atoms with Gasteiger partial charge in [-0.2, -0.15) is 0 Å². The molecule has 0 aromatic heterocycles. The number of amides is 2. The Kier molecular flexibility index (Phi) is 7.26. The maximum atomic E-state index is 12.6.